The van der Waals surface area contributed by atoms with Crippen LogP contribution in [0.4, 0.5) is 0 Å². The highest BCUT2D eigenvalue weighted by Gasteiger charge is 1.96. The van der Waals surface area contributed by atoms with Crippen LogP contribution in [-0.2, 0) is 11.3 Å². The standard InChI is InChI=1S/C15H28N2.C3H6O3/c1-2-3-4-5-6-7-8-9-10-11-13-17-14-12-16-15-17;1-2(4)3(5)6/h12,14-15H,2-11,13H2,1H3;2,4H,1H3,(H,5,6)/t;2-/m.0/s1. The van der Waals surface area contributed by atoms with Crippen LogP contribution >= 0.6 is 0 Å². The summed E-state index contributed by atoms with van der Waals surface area (Å²) in [5.41, 5.74) is 0. The third-order valence-corrected chi connectivity index (χ3v) is 3.71. The van der Waals surface area contributed by atoms with Crippen molar-refractivity contribution in [1.82, 2.24) is 4.98 Å². The third-order valence-electron chi connectivity index (χ3n) is 3.71. The van der Waals surface area contributed by atoms with Gasteiger partial charge in [0, 0.05) is 0 Å². The number of unbranched alkanes of at least 4 members (excludes halogenated alkanes) is 9. The number of carbonyl (C=O) groups excluding carboxylic acids is 1. The molecule has 0 aliphatic heterocycles. The number of hydrogen-bond donors (Lipinski definition) is 2. The molecule has 0 unspecified atom stereocenters. The van der Waals surface area contributed by atoms with Gasteiger partial charge >= 0.3 is 0 Å². The van der Waals surface area contributed by atoms with Crippen LogP contribution in [0.3, 0.4) is 0 Å². The number of rotatable bonds is 12. The number of H-pyrrole nitrogens is 1. The molecule has 0 saturated heterocycles. The maximum Gasteiger partial charge on any atom is 0.241 e. The summed E-state index contributed by atoms with van der Waals surface area (Å²) in [7, 11) is 0. The van der Waals surface area contributed by atoms with Gasteiger partial charge < -0.3 is 15.0 Å². The number of nitrogens with one attached hydrogen (secondary N) is 1. The van der Waals surface area contributed by atoms with Crippen molar-refractivity contribution in [1.29, 1.82) is 0 Å². The summed E-state index contributed by atoms with van der Waals surface area (Å²) in [5, 5.41) is 17.3. The van der Waals surface area contributed by atoms with Gasteiger partial charge in [0.15, 0.2) is 0 Å². The molecule has 0 spiro atoms. The maximum atomic E-state index is 9.34. The quantitative estimate of drug-likeness (QED) is 0.457. The topological polar surface area (TPSA) is 80.0 Å². The molecule has 0 aliphatic rings. The van der Waals surface area contributed by atoms with Crippen LogP contribution in [0.2, 0.25) is 0 Å². The van der Waals surface area contributed by atoms with Crippen molar-refractivity contribution in [2.75, 3.05) is 0 Å². The van der Waals surface area contributed by atoms with E-state index in [0.717, 1.165) is 6.92 Å². The van der Waals surface area contributed by atoms with Gasteiger partial charge in [-0.3, -0.25) is 4.98 Å². The van der Waals surface area contributed by atoms with E-state index in [2.05, 4.69) is 22.7 Å². The van der Waals surface area contributed by atoms with Crippen LogP contribution < -0.4 is 9.67 Å². The van der Waals surface area contributed by atoms with Crippen LogP contribution in [0.1, 0.15) is 78.1 Å². The van der Waals surface area contributed by atoms with Crippen molar-refractivity contribution in [2.24, 2.45) is 0 Å². The molecule has 23 heavy (non-hydrogen) atoms. The molecule has 0 saturated carbocycles. The molecule has 0 bridgehead atoms. The molecule has 0 aliphatic carbocycles. The molecule has 0 amide bonds. The second-order valence-corrected chi connectivity index (χ2v) is 6.03. The lowest BCUT2D eigenvalue weighted by molar-refractivity contribution is -0.696. The number of aliphatic hydroxyl groups excluding tert-OH is 1. The number of aromatic amines is 1. The monoisotopic (exact) mass is 326 g/mol. The van der Waals surface area contributed by atoms with E-state index >= 15 is 0 Å². The van der Waals surface area contributed by atoms with Gasteiger partial charge in [-0.25, -0.2) is 4.57 Å². The van der Waals surface area contributed by atoms with Crippen LogP contribution in [0.5, 0.6) is 0 Å². The van der Waals surface area contributed by atoms with E-state index in [0.29, 0.717) is 0 Å². The lowest BCUT2D eigenvalue weighted by Crippen LogP contribution is -2.32. The minimum atomic E-state index is -1.44. The summed E-state index contributed by atoms with van der Waals surface area (Å²) >= 11 is 0. The predicted molar refractivity (Wildman–Crippen MR) is 89.5 cm³/mol. The number of hydrogen-bond acceptors (Lipinski definition) is 3. The average Bonchev–Trinajstić information content (AvgIpc) is 3.03. The number of aliphatic hydroxyl groups is 1. The fourth-order valence-electron chi connectivity index (χ4n) is 2.24. The smallest absolute Gasteiger partial charge is 0.241 e. The van der Waals surface area contributed by atoms with Gasteiger partial charge in [-0.2, -0.15) is 0 Å². The third kappa shape index (κ3) is 15.3. The second kappa shape index (κ2) is 15.5. The molecule has 1 aromatic rings. The van der Waals surface area contributed by atoms with E-state index in [1.165, 1.54) is 70.8 Å². The Morgan fingerprint density at radius 1 is 1.09 bits per heavy atom. The maximum absolute atomic E-state index is 9.34. The Labute approximate surface area is 140 Å². The Bertz CT molecular complexity index is 364. The van der Waals surface area contributed by atoms with Gasteiger partial charge in [0.2, 0.25) is 6.33 Å². The molecular weight excluding hydrogens is 292 g/mol. The Balaban J connectivity index is 0.000000688. The molecule has 0 aromatic carbocycles. The van der Waals surface area contributed by atoms with Crippen LogP contribution in [0.25, 0.3) is 0 Å². The second-order valence-electron chi connectivity index (χ2n) is 6.03. The minimum absolute atomic E-state index is 1.13. The largest absolute Gasteiger partial charge is 0.547 e. The number of carboxylic acid groups (broad SMARTS) is 1. The number of aryl methyl sites for hydroxylation is 1. The van der Waals surface area contributed by atoms with E-state index in [1.807, 2.05) is 12.5 Å². The summed E-state index contributed by atoms with van der Waals surface area (Å²) < 4.78 is 2.23. The van der Waals surface area contributed by atoms with Crippen molar-refractivity contribution >= 4 is 5.97 Å². The number of imidazole rings is 1. The highest BCUT2D eigenvalue weighted by Crippen LogP contribution is 2.10. The highest BCUT2D eigenvalue weighted by atomic mass is 16.4. The lowest BCUT2D eigenvalue weighted by atomic mass is 10.1. The van der Waals surface area contributed by atoms with Crippen molar-refractivity contribution in [3.05, 3.63) is 18.7 Å². The Morgan fingerprint density at radius 3 is 1.96 bits per heavy atom. The SMILES string of the molecule is CCCCCCCCCCCC[n+]1cc[nH]c1.C[C@H](O)C(=O)[O-]. The first kappa shape index (κ1) is 21.6. The summed E-state index contributed by atoms with van der Waals surface area (Å²) in [6.45, 7) is 4.58. The molecule has 1 heterocycles. The van der Waals surface area contributed by atoms with Gasteiger partial charge in [-0.15, -0.1) is 0 Å². The van der Waals surface area contributed by atoms with E-state index in [4.69, 9.17) is 5.11 Å². The van der Waals surface area contributed by atoms with Crippen molar-refractivity contribution in [3.8, 4) is 0 Å². The Hall–Kier alpha value is -1.36. The number of carbonyl (C=O) groups is 1. The zero-order chi connectivity index (χ0) is 17.3. The number of aliphatic carboxylic acids is 1. The van der Waals surface area contributed by atoms with Gasteiger partial charge in [0.25, 0.3) is 0 Å². The molecule has 0 radical (unpaired) electrons. The molecule has 2 N–H and O–H groups in total. The van der Waals surface area contributed by atoms with Gasteiger partial charge in [0.1, 0.15) is 12.4 Å². The lowest BCUT2D eigenvalue weighted by Gasteiger charge is -2.01. The molecule has 5 nitrogen and oxygen atoms in total. The molecule has 1 aromatic heterocycles. The summed E-state index contributed by atoms with van der Waals surface area (Å²) in [4.78, 5) is 12.4. The summed E-state index contributed by atoms with van der Waals surface area (Å²) in [6, 6.07) is 0. The molecule has 1 atom stereocenters. The number of nitrogens with zero attached hydrogens (tertiary/aromatic N) is 1. The Kier molecular flexibility index (Phi) is 14.6. The van der Waals surface area contributed by atoms with E-state index in [-0.39, 0.29) is 0 Å². The minimum Gasteiger partial charge on any atom is -0.547 e. The van der Waals surface area contributed by atoms with Crippen molar-refractivity contribution in [3.63, 3.8) is 0 Å². The van der Waals surface area contributed by atoms with E-state index in [9.17, 15) is 9.90 Å². The number of aromatic nitrogens is 2. The van der Waals surface area contributed by atoms with E-state index < -0.39 is 12.1 Å². The van der Waals surface area contributed by atoms with Crippen molar-refractivity contribution in [2.45, 2.75) is 90.7 Å². The van der Waals surface area contributed by atoms with Crippen LogP contribution in [0, 0.1) is 0 Å². The molecular formula is C18H34N2O3. The fourth-order valence-corrected chi connectivity index (χ4v) is 2.24. The molecule has 1 rings (SSSR count). The zero-order valence-corrected chi connectivity index (χ0v) is 14.8. The highest BCUT2D eigenvalue weighted by molar-refractivity contribution is 5.68. The molecule has 0 fully saturated rings. The summed E-state index contributed by atoms with van der Waals surface area (Å²) in [5.74, 6) is -1.44. The average molecular weight is 326 g/mol. The summed E-state index contributed by atoms with van der Waals surface area (Å²) in [6.07, 6.45) is 18.9. The van der Waals surface area contributed by atoms with E-state index in [1.54, 1.807) is 0 Å². The van der Waals surface area contributed by atoms with Gasteiger partial charge in [-0.05, 0) is 19.8 Å². The number of carboxylic acids is 1. The van der Waals surface area contributed by atoms with Crippen LogP contribution in [0.15, 0.2) is 18.7 Å². The Morgan fingerprint density at radius 2 is 1.57 bits per heavy atom. The predicted octanol–water partition coefficient (Wildman–Crippen LogP) is 2.34. The van der Waals surface area contributed by atoms with Crippen molar-refractivity contribution < 1.29 is 19.6 Å². The first-order chi connectivity index (χ1) is 11.1. The normalized spacial score (nSPS) is 11.6. The van der Waals surface area contributed by atoms with Gasteiger partial charge in [-0.1, -0.05) is 58.3 Å². The molecule has 134 valence electrons. The first-order valence-corrected chi connectivity index (χ1v) is 8.98. The zero-order valence-electron chi connectivity index (χ0n) is 14.8. The van der Waals surface area contributed by atoms with Crippen LogP contribution in [-0.4, -0.2) is 22.2 Å². The molecule has 5 heteroatoms. The fraction of sp³-hybridized carbons (Fsp3) is 0.778. The first-order valence-electron chi connectivity index (χ1n) is 8.98. The van der Waals surface area contributed by atoms with Gasteiger partial charge in [0.05, 0.1) is 18.6 Å².